The minimum atomic E-state index is -0.649. The zero-order valence-corrected chi connectivity index (χ0v) is 17.0. The average Bonchev–Trinajstić information content (AvgIpc) is 3.07. The lowest BCUT2D eigenvalue weighted by Gasteiger charge is -2.13. The second kappa shape index (κ2) is 10.4. The molecule has 1 unspecified atom stereocenters. The fraction of sp³-hybridized carbons (Fsp3) is 0.421. The number of methoxy groups -OCH3 is 1. The molecule has 0 aliphatic heterocycles. The quantitative estimate of drug-likeness (QED) is 0.472. The Kier molecular flexibility index (Phi) is 8.22. The fourth-order valence-electron chi connectivity index (χ4n) is 2.46. The van der Waals surface area contributed by atoms with Gasteiger partial charge in [0.2, 0.25) is 0 Å². The van der Waals surface area contributed by atoms with Gasteiger partial charge < -0.3 is 20.5 Å². The molecule has 1 aromatic carbocycles. The molecule has 0 saturated heterocycles. The highest BCUT2D eigenvalue weighted by atomic mass is 35.5. The van der Waals surface area contributed by atoms with Gasteiger partial charge in [0.1, 0.15) is 11.9 Å². The highest BCUT2D eigenvalue weighted by Crippen LogP contribution is 2.26. The first-order chi connectivity index (χ1) is 12.5. The third kappa shape index (κ3) is 6.20. The molecular weight excluding hydrogens is 370 g/mol. The lowest BCUT2D eigenvalue weighted by Crippen LogP contribution is -2.38. The molecule has 5 nitrogen and oxygen atoms in total. The van der Waals surface area contributed by atoms with Crippen molar-refractivity contribution < 1.29 is 9.84 Å². The largest absolute Gasteiger partial charge is 0.496 e. The number of aliphatic hydroxyl groups is 1. The van der Waals surface area contributed by atoms with Gasteiger partial charge in [-0.05, 0) is 49.6 Å². The van der Waals surface area contributed by atoms with Crippen LogP contribution in [0.4, 0.5) is 0 Å². The Morgan fingerprint density at radius 2 is 2.12 bits per heavy atom. The van der Waals surface area contributed by atoms with Crippen molar-refractivity contribution in [3.05, 3.63) is 50.7 Å². The van der Waals surface area contributed by atoms with E-state index in [0.717, 1.165) is 35.7 Å². The number of nitrogens with one attached hydrogen (secondary N) is 2. The second-order valence-corrected chi connectivity index (χ2v) is 7.60. The summed E-state index contributed by atoms with van der Waals surface area (Å²) in [4.78, 5) is 5.28. The number of hydrogen-bond donors (Lipinski definition) is 3. The number of guanidine groups is 1. The van der Waals surface area contributed by atoms with Crippen LogP contribution in [0.2, 0.25) is 4.34 Å². The zero-order valence-electron chi connectivity index (χ0n) is 15.4. The van der Waals surface area contributed by atoms with E-state index < -0.39 is 6.10 Å². The molecule has 0 spiro atoms. The number of benzene rings is 1. The van der Waals surface area contributed by atoms with Crippen molar-refractivity contribution in [2.75, 3.05) is 26.7 Å². The molecule has 2 rings (SSSR count). The van der Waals surface area contributed by atoms with Gasteiger partial charge in [-0.1, -0.05) is 23.7 Å². The van der Waals surface area contributed by atoms with E-state index in [9.17, 15) is 5.11 Å². The molecule has 2 aromatic rings. The molecule has 7 heteroatoms. The molecule has 3 N–H and O–H groups in total. The van der Waals surface area contributed by atoms with Gasteiger partial charge >= 0.3 is 0 Å². The Hall–Kier alpha value is -1.76. The summed E-state index contributed by atoms with van der Waals surface area (Å²) in [6, 6.07) is 9.85. The van der Waals surface area contributed by atoms with Crippen molar-refractivity contribution >= 4 is 28.9 Å². The second-order valence-electron chi connectivity index (χ2n) is 5.86. The summed E-state index contributed by atoms with van der Waals surface area (Å²) in [5.74, 6) is 1.59. The van der Waals surface area contributed by atoms with E-state index in [1.165, 1.54) is 16.9 Å². The van der Waals surface area contributed by atoms with E-state index in [1.807, 2.05) is 19.9 Å². The van der Waals surface area contributed by atoms with E-state index in [1.54, 1.807) is 13.2 Å². The summed E-state index contributed by atoms with van der Waals surface area (Å²) >= 11 is 7.29. The highest BCUT2D eigenvalue weighted by molar-refractivity contribution is 7.16. The summed E-state index contributed by atoms with van der Waals surface area (Å²) in [5, 5.41) is 16.7. The van der Waals surface area contributed by atoms with Crippen LogP contribution in [0.15, 0.2) is 35.3 Å². The Morgan fingerprint density at radius 3 is 2.77 bits per heavy atom. The number of hydrogen-bond acceptors (Lipinski definition) is 4. The average molecular weight is 396 g/mol. The number of nitrogens with zero attached hydrogens (tertiary/aromatic N) is 1. The third-order valence-corrected chi connectivity index (χ3v) is 5.20. The van der Waals surface area contributed by atoms with Crippen molar-refractivity contribution in [2.45, 2.75) is 26.4 Å². The van der Waals surface area contributed by atoms with Crippen LogP contribution in [0.5, 0.6) is 5.75 Å². The number of thiophene rings is 1. The molecule has 1 aromatic heterocycles. The Bertz CT molecular complexity index is 733. The van der Waals surface area contributed by atoms with Gasteiger partial charge in [-0.3, -0.25) is 4.99 Å². The van der Waals surface area contributed by atoms with Gasteiger partial charge in [-0.2, -0.15) is 0 Å². The summed E-state index contributed by atoms with van der Waals surface area (Å²) in [6.45, 7) is 5.81. The summed E-state index contributed by atoms with van der Waals surface area (Å²) < 4.78 is 6.04. The van der Waals surface area contributed by atoms with Crippen LogP contribution in [0.25, 0.3) is 0 Å². The molecule has 0 aliphatic rings. The van der Waals surface area contributed by atoms with Crippen LogP contribution in [0, 0.1) is 6.92 Å². The first-order valence-corrected chi connectivity index (χ1v) is 9.82. The van der Waals surface area contributed by atoms with Crippen LogP contribution in [0.1, 0.15) is 29.0 Å². The number of ether oxygens (including phenoxy) is 1. The van der Waals surface area contributed by atoms with E-state index in [0.29, 0.717) is 10.3 Å². The van der Waals surface area contributed by atoms with Gasteiger partial charge in [0, 0.05) is 18.0 Å². The van der Waals surface area contributed by atoms with Gasteiger partial charge in [0.15, 0.2) is 5.96 Å². The normalized spacial score (nSPS) is 12.7. The molecule has 0 amide bonds. The van der Waals surface area contributed by atoms with E-state index in [4.69, 9.17) is 16.3 Å². The van der Waals surface area contributed by atoms with Gasteiger partial charge in [-0.25, -0.2) is 0 Å². The van der Waals surface area contributed by atoms with Crippen LogP contribution < -0.4 is 15.4 Å². The van der Waals surface area contributed by atoms with Crippen LogP contribution in [-0.2, 0) is 6.42 Å². The number of aliphatic imine (C=N–C) groups is 1. The van der Waals surface area contributed by atoms with Crippen LogP contribution in [0.3, 0.4) is 0 Å². The van der Waals surface area contributed by atoms with Gasteiger partial charge in [-0.15, -0.1) is 11.3 Å². The van der Waals surface area contributed by atoms with Crippen molar-refractivity contribution in [1.82, 2.24) is 10.6 Å². The zero-order chi connectivity index (χ0) is 18.9. The number of rotatable bonds is 8. The molecule has 0 bridgehead atoms. The number of aryl methyl sites for hydroxylation is 1. The molecule has 0 fully saturated rings. The molecule has 0 saturated carbocycles. The van der Waals surface area contributed by atoms with Crippen molar-refractivity contribution in [2.24, 2.45) is 4.99 Å². The van der Waals surface area contributed by atoms with Crippen molar-refractivity contribution in [1.29, 1.82) is 0 Å². The van der Waals surface area contributed by atoms with E-state index in [2.05, 4.69) is 33.8 Å². The summed E-state index contributed by atoms with van der Waals surface area (Å²) in [7, 11) is 1.69. The van der Waals surface area contributed by atoms with Gasteiger partial charge in [0.25, 0.3) is 0 Å². The Morgan fingerprint density at radius 1 is 1.31 bits per heavy atom. The summed E-state index contributed by atoms with van der Waals surface area (Å²) in [5.41, 5.74) is 2.32. The number of halogens is 1. The molecule has 0 radical (unpaired) electrons. The standard InChI is InChI=1S/C19H26ClN3O2S/c1-4-21-19(23-12-15(24)17-7-8-18(20)26-17)22-10-9-14-6-5-13(2)16(11-14)25-3/h5-8,11,15,24H,4,9-10,12H2,1-3H3,(H2,21,22,23). The maximum Gasteiger partial charge on any atom is 0.191 e. The molecule has 1 atom stereocenters. The highest BCUT2D eigenvalue weighted by Gasteiger charge is 2.10. The monoisotopic (exact) mass is 395 g/mol. The minimum absolute atomic E-state index is 0.282. The fourth-order valence-corrected chi connectivity index (χ4v) is 3.50. The van der Waals surface area contributed by atoms with Crippen LogP contribution >= 0.6 is 22.9 Å². The molecular formula is C19H26ClN3O2S. The smallest absolute Gasteiger partial charge is 0.191 e. The molecule has 0 aliphatic carbocycles. The topological polar surface area (TPSA) is 65.9 Å². The van der Waals surface area contributed by atoms with Gasteiger partial charge in [0.05, 0.1) is 18.0 Å². The molecule has 1 heterocycles. The predicted octanol–water partition coefficient (Wildman–Crippen LogP) is 3.55. The lowest BCUT2D eigenvalue weighted by atomic mass is 10.1. The first kappa shape index (κ1) is 20.6. The molecule has 142 valence electrons. The van der Waals surface area contributed by atoms with Crippen molar-refractivity contribution in [3.63, 3.8) is 0 Å². The summed E-state index contributed by atoms with van der Waals surface area (Å²) in [6.07, 6.45) is 0.203. The number of aliphatic hydroxyl groups excluding tert-OH is 1. The maximum absolute atomic E-state index is 10.2. The maximum atomic E-state index is 10.2. The van der Waals surface area contributed by atoms with E-state index in [-0.39, 0.29) is 6.54 Å². The Labute approximate surface area is 164 Å². The third-order valence-electron chi connectivity index (χ3n) is 3.87. The molecule has 26 heavy (non-hydrogen) atoms. The van der Waals surface area contributed by atoms with E-state index >= 15 is 0 Å². The first-order valence-electron chi connectivity index (χ1n) is 8.62. The minimum Gasteiger partial charge on any atom is -0.496 e. The Balaban J connectivity index is 1.89. The SMILES string of the molecule is CCNC(=NCC(O)c1ccc(Cl)s1)NCCc1ccc(C)c(OC)c1. The van der Waals surface area contributed by atoms with Crippen LogP contribution in [-0.4, -0.2) is 37.8 Å². The predicted molar refractivity (Wildman–Crippen MR) is 110 cm³/mol. The van der Waals surface area contributed by atoms with Crippen molar-refractivity contribution in [3.8, 4) is 5.75 Å². The lowest BCUT2D eigenvalue weighted by molar-refractivity contribution is 0.191.